The maximum atomic E-state index is 12.2. The van der Waals surface area contributed by atoms with Crippen LogP contribution in [0.15, 0.2) is 36.4 Å². The zero-order chi connectivity index (χ0) is 18.5. The first-order valence-electron chi connectivity index (χ1n) is 9.01. The predicted molar refractivity (Wildman–Crippen MR) is 105 cm³/mol. The third-order valence-electron chi connectivity index (χ3n) is 4.70. The minimum atomic E-state index is -0.215. The van der Waals surface area contributed by atoms with Gasteiger partial charge in [0, 0.05) is 25.2 Å². The fourth-order valence-corrected chi connectivity index (χ4v) is 3.60. The molecule has 6 heteroatoms. The summed E-state index contributed by atoms with van der Waals surface area (Å²) in [6.07, 6.45) is 2.62. The van der Waals surface area contributed by atoms with E-state index in [4.69, 9.17) is 17.3 Å². The minimum absolute atomic E-state index is 0.214. The van der Waals surface area contributed by atoms with Crippen LogP contribution in [0.25, 0.3) is 0 Å². The summed E-state index contributed by atoms with van der Waals surface area (Å²) in [5.41, 5.74) is 8.41. The highest BCUT2D eigenvalue weighted by atomic mass is 35.5. The Morgan fingerprint density at radius 3 is 2.73 bits per heavy atom. The molecule has 1 aromatic heterocycles. The molecule has 1 amide bonds. The van der Waals surface area contributed by atoms with Crippen molar-refractivity contribution in [3.63, 3.8) is 0 Å². The van der Waals surface area contributed by atoms with Crippen molar-refractivity contribution in [2.24, 2.45) is 5.92 Å². The molecular formula is C20H25ClN4O. The van der Waals surface area contributed by atoms with E-state index in [0.717, 1.165) is 18.0 Å². The van der Waals surface area contributed by atoms with E-state index in [1.54, 1.807) is 0 Å². The number of carbonyl (C=O) groups is 1. The van der Waals surface area contributed by atoms with Gasteiger partial charge in [-0.25, -0.2) is 4.98 Å². The van der Waals surface area contributed by atoms with Crippen molar-refractivity contribution in [3.05, 3.63) is 58.2 Å². The number of piperidine rings is 1. The molecule has 3 N–H and O–H groups in total. The van der Waals surface area contributed by atoms with Crippen molar-refractivity contribution in [2.75, 3.05) is 18.8 Å². The molecule has 1 atom stereocenters. The van der Waals surface area contributed by atoms with E-state index in [0.29, 0.717) is 12.1 Å². The maximum Gasteiger partial charge on any atom is 0.251 e. The summed E-state index contributed by atoms with van der Waals surface area (Å²) < 4.78 is 0. The lowest BCUT2D eigenvalue weighted by molar-refractivity contribution is 0.0951. The second-order valence-electron chi connectivity index (χ2n) is 7.09. The molecule has 1 fully saturated rings. The normalized spacial score (nSPS) is 17.8. The van der Waals surface area contributed by atoms with Crippen LogP contribution in [-0.4, -0.2) is 28.9 Å². The summed E-state index contributed by atoms with van der Waals surface area (Å²) in [6, 6.07) is 11.4. The second kappa shape index (κ2) is 8.52. The number of pyridine rings is 1. The molecule has 1 saturated heterocycles. The number of amides is 1. The van der Waals surface area contributed by atoms with Crippen molar-refractivity contribution in [3.8, 4) is 0 Å². The first kappa shape index (κ1) is 18.7. The largest absolute Gasteiger partial charge is 0.384 e. The molecule has 5 nitrogen and oxygen atoms in total. The van der Waals surface area contributed by atoms with Crippen molar-refractivity contribution in [1.29, 1.82) is 0 Å². The number of rotatable bonds is 5. The van der Waals surface area contributed by atoms with Crippen LogP contribution < -0.4 is 11.1 Å². The quantitative estimate of drug-likeness (QED) is 0.788. The van der Waals surface area contributed by atoms with Gasteiger partial charge in [0.25, 0.3) is 5.91 Å². The smallest absolute Gasteiger partial charge is 0.251 e. The van der Waals surface area contributed by atoms with E-state index < -0.39 is 0 Å². The van der Waals surface area contributed by atoms with Crippen LogP contribution in [-0.2, 0) is 13.1 Å². The molecule has 0 aliphatic carbocycles. The van der Waals surface area contributed by atoms with Crippen LogP contribution in [0.2, 0.25) is 5.15 Å². The van der Waals surface area contributed by atoms with Crippen LogP contribution in [0.5, 0.6) is 0 Å². The molecule has 2 aromatic rings. The van der Waals surface area contributed by atoms with Crippen molar-refractivity contribution < 1.29 is 4.79 Å². The molecule has 1 aliphatic heterocycles. The van der Waals surface area contributed by atoms with Gasteiger partial charge in [0.1, 0.15) is 11.0 Å². The average Bonchev–Trinajstić information content (AvgIpc) is 2.60. The van der Waals surface area contributed by atoms with Crippen LogP contribution in [0.1, 0.15) is 41.3 Å². The summed E-state index contributed by atoms with van der Waals surface area (Å²) in [6.45, 7) is 6.13. The van der Waals surface area contributed by atoms with E-state index >= 15 is 0 Å². The van der Waals surface area contributed by atoms with Crippen LogP contribution >= 0.6 is 11.6 Å². The van der Waals surface area contributed by atoms with Gasteiger partial charge in [-0.3, -0.25) is 9.69 Å². The standard InChI is InChI=1S/C20H25ClN4O/c1-14-3-2-8-25(12-14)13-16-6-4-15(5-7-16)11-23-20(26)17-9-18(21)24-19(22)10-17/h4-7,9-10,14H,2-3,8,11-13H2,1H3,(H2,22,24)(H,23,26). The molecule has 138 valence electrons. The molecular weight excluding hydrogens is 348 g/mol. The molecule has 0 saturated carbocycles. The van der Waals surface area contributed by atoms with E-state index in [9.17, 15) is 4.79 Å². The number of benzene rings is 1. The van der Waals surface area contributed by atoms with Gasteiger partial charge in [-0.2, -0.15) is 0 Å². The first-order valence-corrected chi connectivity index (χ1v) is 9.39. The minimum Gasteiger partial charge on any atom is -0.384 e. The fraction of sp³-hybridized carbons (Fsp3) is 0.400. The number of nitrogens with one attached hydrogen (secondary N) is 1. The van der Waals surface area contributed by atoms with Gasteiger partial charge >= 0.3 is 0 Å². The Hall–Kier alpha value is -2.11. The lowest BCUT2D eigenvalue weighted by atomic mass is 9.99. The Kier molecular flexibility index (Phi) is 6.12. The number of hydrogen-bond acceptors (Lipinski definition) is 4. The Bertz CT molecular complexity index is 743. The number of nitrogens with two attached hydrogens (primary N) is 1. The number of anilines is 1. The number of likely N-dealkylation sites (tertiary alicyclic amines) is 1. The SMILES string of the molecule is CC1CCCN(Cc2ccc(CNC(=O)c3cc(N)nc(Cl)c3)cc2)C1. The zero-order valence-electron chi connectivity index (χ0n) is 15.0. The molecule has 1 aliphatic rings. The molecule has 1 aromatic carbocycles. The van der Waals surface area contributed by atoms with Crippen molar-refractivity contribution in [2.45, 2.75) is 32.9 Å². The van der Waals surface area contributed by atoms with Gasteiger partial charge in [0.15, 0.2) is 0 Å². The summed E-state index contributed by atoms with van der Waals surface area (Å²) >= 11 is 5.84. The van der Waals surface area contributed by atoms with Gasteiger partial charge in [0.05, 0.1) is 0 Å². The first-order chi connectivity index (χ1) is 12.5. The van der Waals surface area contributed by atoms with E-state index in [1.165, 1.54) is 43.6 Å². The molecule has 0 radical (unpaired) electrons. The van der Waals surface area contributed by atoms with Gasteiger partial charge < -0.3 is 11.1 Å². The molecule has 2 heterocycles. The lowest BCUT2D eigenvalue weighted by Gasteiger charge is -2.30. The van der Waals surface area contributed by atoms with Crippen molar-refractivity contribution >= 4 is 23.3 Å². The Morgan fingerprint density at radius 2 is 2.04 bits per heavy atom. The van der Waals surface area contributed by atoms with Gasteiger partial charge in [-0.05, 0) is 48.6 Å². The molecule has 3 rings (SSSR count). The fourth-order valence-electron chi connectivity index (χ4n) is 3.38. The number of nitrogen functional groups attached to an aromatic ring is 1. The molecule has 26 heavy (non-hydrogen) atoms. The third kappa shape index (κ3) is 5.19. The summed E-state index contributed by atoms with van der Waals surface area (Å²) in [7, 11) is 0. The Balaban J connectivity index is 1.53. The second-order valence-corrected chi connectivity index (χ2v) is 7.47. The summed E-state index contributed by atoms with van der Waals surface area (Å²) in [5, 5.41) is 3.10. The third-order valence-corrected chi connectivity index (χ3v) is 4.89. The number of hydrogen-bond donors (Lipinski definition) is 2. The topological polar surface area (TPSA) is 71.2 Å². The Labute approximate surface area is 159 Å². The van der Waals surface area contributed by atoms with E-state index in [-0.39, 0.29) is 16.9 Å². The monoisotopic (exact) mass is 372 g/mol. The van der Waals surface area contributed by atoms with Gasteiger partial charge in [0.2, 0.25) is 0 Å². The maximum absolute atomic E-state index is 12.2. The molecule has 0 spiro atoms. The average molecular weight is 373 g/mol. The van der Waals surface area contributed by atoms with Crippen LogP contribution in [0.3, 0.4) is 0 Å². The van der Waals surface area contributed by atoms with Crippen molar-refractivity contribution in [1.82, 2.24) is 15.2 Å². The predicted octanol–water partition coefficient (Wildman–Crippen LogP) is 3.48. The number of nitrogens with zero attached hydrogens (tertiary/aromatic N) is 2. The number of halogens is 1. The van der Waals surface area contributed by atoms with Crippen LogP contribution in [0.4, 0.5) is 5.82 Å². The highest BCUT2D eigenvalue weighted by molar-refractivity contribution is 6.29. The zero-order valence-corrected chi connectivity index (χ0v) is 15.8. The van der Waals surface area contributed by atoms with E-state index in [2.05, 4.69) is 46.4 Å². The molecule has 1 unspecified atom stereocenters. The molecule has 0 bridgehead atoms. The lowest BCUT2D eigenvalue weighted by Crippen LogP contribution is -2.33. The summed E-state index contributed by atoms with van der Waals surface area (Å²) in [5.74, 6) is 0.806. The van der Waals surface area contributed by atoms with Gasteiger partial charge in [-0.1, -0.05) is 42.8 Å². The Morgan fingerprint density at radius 1 is 1.31 bits per heavy atom. The van der Waals surface area contributed by atoms with Gasteiger partial charge in [-0.15, -0.1) is 0 Å². The van der Waals surface area contributed by atoms with Crippen LogP contribution in [0, 0.1) is 5.92 Å². The summed E-state index contributed by atoms with van der Waals surface area (Å²) in [4.78, 5) is 18.6. The number of aromatic nitrogens is 1. The highest BCUT2D eigenvalue weighted by Crippen LogP contribution is 2.18. The van der Waals surface area contributed by atoms with E-state index in [1.807, 2.05) is 0 Å². The number of carbonyl (C=O) groups excluding carboxylic acids is 1. The highest BCUT2D eigenvalue weighted by Gasteiger charge is 2.16.